The number of carbonyl (C=O) groups is 2. The van der Waals surface area contributed by atoms with E-state index in [0.29, 0.717) is 0 Å². The van der Waals surface area contributed by atoms with Crippen molar-refractivity contribution in [3.05, 3.63) is 0 Å². The molecule has 1 fully saturated rings. The number of ether oxygens (including phenoxy) is 1. The first-order chi connectivity index (χ1) is 7.35. The molecule has 2 atom stereocenters. The van der Waals surface area contributed by atoms with E-state index in [-0.39, 0.29) is 18.2 Å². The van der Waals surface area contributed by atoms with Gasteiger partial charge in [-0.2, -0.15) is 0 Å². The van der Waals surface area contributed by atoms with Gasteiger partial charge in [0.15, 0.2) is 0 Å². The van der Waals surface area contributed by atoms with Gasteiger partial charge in [0, 0.05) is 6.04 Å². The lowest BCUT2D eigenvalue weighted by atomic mass is 9.98. The average Bonchev–Trinajstić information content (AvgIpc) is 2.14. The van der Waals surface area contributed by atoms with Gasteiger partial charge in [-0.1, -0.05) is 0 Å². The number of hydrogen-bond donors (Lipinski definition) is 0. The molecule has 1 aliphatic heterocycles. The molecule has 0 aromatic carbocycles. The fraction of sp³-hybridized carbons (Fsp3) is 0.833. The molecule has 0 N–H and O–H groups in total. The van der Waals surface area contributed by atoms with Crippen LogP contribution >= 0.6 is 0 Å². The number of hydrogen-bond acceptors (Lipinski definition) is 3. The van der Waals surface area contributed by atoms with Gasteiger partial charge in [-0.3, -0.25) is 4.90 Å². The number of carbonyl (C=O) groups excluding carboxylic acids is 2. The van der Waals surface area contributed by atoms with E-state index in [1.165, 1.54) is 0 Å². The standard InChI is InChI=1S/C12H21NO3/c1-9-6-5-7-10(8-14)13(9)11(15)16-12(2,3)4/h8-10H,5-7H2,1-4H3. The van der Waals surface area contributed by atoms with Gasteiger partial charge in [0.05, 0.1) is 6.04 Å². The summed E-state index contributed by atoms with van der Waals surface area (Å²) in [5, 5.41) is 0. The van der Waals surface area contributed by atoms with Gasteiger partial charge in [0.25, 0.3) is 0 Å². The lowest BCUT2D eigenvalue weighted by Gasteiger charge is -2.38. The Morgan fingerprint density at radius 2 is 2.00 bits per heavy atom. The van der Waals surface area contributed by atoms with E-state index in [1.54, 1.807) is 4.90 Å². The highest BCUT2D eigenvalue weighted by Crippen LogP contribution is 2.24. The molecule has 16 heavy (non-hydrogen) atoms. The van der Waals surface area contributed by atoms with E-state index in [4.69, 9.17) is 4.74 Å². The van der Waals surface area contributed by atoms with E-state index in [9.17, 15) is 9.59 Å². The topological polar surface area (TPSA) is 46.6 Å². The summed E-state index contributed by atoms with van der Waals surface area (Å²) in [6, 6.07) is -0.239. The van der Waals surface area contributed by atoms with E-state index in [2.05, 4.69) is 0 Å². The van der Waals surface area contributed by atoms with Crippen LogP contribution in [-0.2, 0) is 9.53 Å². The van der Waals surface area contributed by atoms with E-state index < -0.39 is 5.60 Å². The molecule has 0 spiro atoms. The number of piperidine rings is 1. The molecule has 1 aliphatic rings. The molecule has 0 aromatic heterocycles. The fourth-order valence-corrected chi connectivity index (χ4v) is 1.99. The Bertz CT molecular complexity index is 270. The predicted molar refractivity (Wildman–Crippen MR) is 61.2 cm³/mol. The van der Waals surface area contributed by atoms with Gasteiger partial charge >= 0.3 is 6.09 Å². The minimum Gasteiger partial charge on any atom is -0.444 e. The average molecular weight is 227 g/mol. The van der Waals surface area contributed by atoms with Crippen molar-refractivity contribution in [3.8, 4) is 0 Å². The third kappa shape index (κ3) is 3.22. The van der Waals surface area contributed by atoms with Crippen molar-refractivity contribution < 1.29 is 14.3 Å². The maximum atomic E-state index is 11.9. The smallest absolute Gasteiger partial charge is 0.411 e. The zero-order chi connectivity index (χ0) is 12.3. The van der Waals surface area contributed by atoms with Gasteiger partial charge in [0.1, 0.15) is 11.9 Å². The Morgan fingerprint density at radius 1 is 1.38 bits per heavy atom. The van der Waals surface area contributed by atoms with Crippen LogP contribution in [-0.4, -0.2) is 35.0 Å². The summed E-state index contributed by atoms with van der Waals surface area (Å²) in [4.78, 5) is 24.4. The number of nitrogens with zero attached hydrogens (tertiary/aromatic N) is 1. The molecule has 1 heterocycles. The van der Waals surface area contributed by atoms with Crippen molar-refractivity contribution in [3.63, 3.8) is 0 Å². The van der Waals surface area contributed by atoms with Crippen molar-refractivity contribution in [2.24, 2.45) is 0 Å². The van der Waals surface area contributed by atoms with Crippen molar-refractivity contribution in [1.82, 2.24) is 4.90 Å². The maximum absolute atomic E-state index is 11.9. The molecule has 4 nitrogen and oxygen atoms in total. The van der Waals surface area contributed by atoms with E-state index >= 15 is 0 Å². The first kappa shape index (κ1) is 13.0. The van der Waals surface area contributed by atoms with Crippen LogP contribution in [0.2, 0.25) is 0 Å². The molecule has 2 unspecified atom stereocenters. The summed E-state index contributed by atoms with van der Waals surface area (Å²) in [7, 11) is 0. The van der Waals surface area contributed by atoms with Crippen LogP contribution in [0, 0.1) is 0 Å². The van der Waals surface area contributed by atoms with Crippen LogP contribution in [0.3, 0.4) is 0 Å². The van der Waals surface area contributed by atoms with Crippen molar-refractivity contribution in [1.29, 1.82) is 0 Å². The van der Waals surface area contributed by atoms with Gasteiger partial charge in [-0.15, -0.1) is 0 Å². The third-order valence-electron chi connectivity index (χ3n) is 2.72. The SMILES string of the molecule is CC1CCCC(C=O)N1C(=O)OC(C)(C)C. The quantitative estimate of drug-likeness (QED) is 0.646. The lowest BCUT2D eigenvalue weighted by Crippen LogP contribution is -2.51. The van der Waals surface area contributed by atoms with Crippen LogP contribution in [0.25, 0.3) is 0 Å². The molecule has 0 saturated carbocycles. The zero-order valence-corrected chi connectivity index (χ0v) is 10.5. The van der Waals surface area contributed by atoms with Crippen LogP contribution in [0.4, 0.5) is 4.79 Å². The fourth-order valence-electron chi connectivity index (χ4n) is 1.99. The Morgan fingerprint density at radius 3 is 2.50 bits per heavy atom. The Kier molecular flexibility index (Phi) is 3.94. The monoisotopic (exact) mass is 227 g/mol. The molecule has 0 aliphatic carbocycles. The molecule has 0 radical (unpaired) electrons. The highest BCUT2D eigenvalue weighted by molar-refractivity contribution is 5.74. The van der Waals surface area contributed by atoms with Crippen LogP contribution < -0.4 is 0 Å². The summed E-state index contributed by atoms with van der Waals surface area (Å²) >= 11 is 0. The molecular weight excluding hydrogens is 206 g/mol. The molecule has 0 bridgehead atoms. The van der Waals surface area contributed by atoms with E-state index in [0.717, 1.165) is 25.5 Å². The number of likely N-dealkylation sites (tertiary alicyclic amines) is 1. The Hall–Kier alpha value is -1.06. The molecule has 4 heteroatoms. The molecule has 92 valence electrons. The minimum absolute atomic E-state index is 0.0822. The van der Waals surface area contributed by atoms with Crippen molar-refractivity contribution >= 4 is 12.4 Å². The number of amides is 1. The third-order valence-corrected chi connectivity index (χ3v) is 2.72. The highest BCUT2D eigenvalue weighted by atomic mass is 16.6. The van der Waals surface area contributed by atoms with Gasteiger partial charge in [-0.25, -0.2) is 4.79 Å². The molecule has 1 rings (SSSR count). The van der Waals surface area contributed by atoms with Crippen LogP contribution in [0.1, 0.15) is 47.0 Å². The van der Waals surface area contributed by atoms with Crippen molar-refractivity contribution in [2.75, 3.05) is 0 Å². The molecular formula is C12H21NO3. The van der Waals surface area contributed by atoms with Gasteiger partial charge < -0.3 is 9.53 Å². The van der Waals surface area contributed by atoms with Crippen LogP contribution in [0.5, 0.6) is 0 Å². The summed E-state index contributed by atoms with van der Waals surface area (Å²) in [5.74, 6) is 0. The van der Waals surface area contributed by atoms with Crippen molar-refractivity contribution in [2.45, 2.75) is 64.6 Å². The summed E-state index contributed by atoms with van der Waals surface area (Å²) < 4.78 is 5.31. The summed E-state index contributed by atoms with van der Waals surface area (Å²) in [6.07, 6.45) is 3.14. The summed E-state index contributed by atoms with van der Waals surface area (Å²) in [6.45, 7) is 7.44. The van der Waals surface area contributed by atoms with Crippen LogP contribution in [0.15, 0.2) is 0 Å². The zero-order valence-electron chi connectivity index (χ0n) is 10.5. The second-order valence-corrected chi connectivity index (χ2v) is 5.37. The van der Waals surface area contributed by atoms with E-state index in [1.807, 2.05) is 27.7 Å². The maximum Gasteiger partial charge on any atom is 0.411 e. The largest absolute Gasteiger partial charge is 0.444 e. The second kappa shape index (κ2) is 4.85. The number of rotatable bonds is 1. The molecule has 0 aromatic rings. The first-order valence-electron chi connectivity index (χ1n) is 5.82. The number of aldehydes is 1. The first-order valence-corrected chi connectivity index (χ1v) is 5.82. The normalized spacial score (nSPS) is 26.4. The van der Waals surface area contributed by atoms with Gasteiger partial charge in [-0.05, 0) is 47.0 Å². The Balaban J connectivity index is 2.73. The second-order valence-electron chi connectivity index (χ2n) is 5.37. The summed E-state index contributed by atoms with van der Waals surface area (Å²) in [5.41, 5.74) is -0.512. The van der Waals surface area contributed by atoms with Gasteiger partial charge in [0.2, 0.25) is 0 Å². The highest BCUT2D eigenvalue weighted by Gasteiger charge is 2.34. The lowest BCUT2D eigenvalue weighted by molar-refractivity contribution is -0.114. The molecule has 1 saturated heterocycles. The predicted octanol–water partition coefficient (Wildman–Crippen LogP) is 2.36. The minimum atomic E-state index is -0.512. The molecule has 1 amide bonds. The Labute approximate surface area is 96.9 Å².